The molecule has 50 heavy (non-hydrogen) atoms. The number of nitrogens with one attached hydrogen (secondary N) is 1. The zero-order valence-electron chi connectivity index (χ0n) is 28.5. The molecule has 2 heterocycles. The monoisotopic (exact) mass is 649 g/mol. The Morgan fingerprint density at radius 2 is 1.58 bits per heavy atom. The van der Waals surface area contributed by atoms with Crippen LogP contribution in [-0.4, -0.2) is 29.9 Å². The van der Waals surface area contributed by atoms with Crippen LogP contribution in [0.15, 0.2) is 173 Å². The summed E-state index contributed by atoms with van der Waals surface area (Å²) in [5, 5.41) is 3.60. The van der Waals surface area contributed by atoms with Crippen LogP contribution in [-0.2, 0) is 6.54 Å². The average Bonchev–Trinajstić information content (AvgIpc) is 3.39. The zero-order chi connectivity index (χ0) is 34.3. The minimum absolute atomic E-state index is 0.587. The Hall–Kier alpha value is -5.88. The van der Waals surface area contributed by atoms with E-state index in [1.54, 1.807) is 0 Å². The van der Waals surface area contributed by atoms with Gasteiger partial charge in [0.1, 0.15) is 0 Å². The van der Waals surface area contributed by atoms with Gasteiger partial charge in [-0.3, -0.25) is 0 Å². The maximum atomic E-state index is 5.33. The van der Waals surface area contributed by atoms with Crippen molar-refractivity contribution in [2.45, 2.75) is 39.2 Å². The molecule has 8 rings (SSSR count). The number of hydrogen-bond donors (Lipinski definition) is 1. The summed E-state index contributed by atoms with van der Waals surface area (Å²) in [4.78, 5) is 17.8. The Morgan fingerprint density at radius 3 is 2.38 bits per heavy atom. The van der Waals surface area contributed by atoms with Crippen molar-refractivity contribution in [3.63, 3.8) is 0 Å². The molecule has 0 unspecified atom stereocenters. The molecule has 5 nitrogen and oxygen atoms in total. The number of anilines is 4. The molecule has 0 saturated carbocycles. The summed E-state index contributed by atoms with van der Waals surface area (Å²) in [6, 6.07) is 34.1. The topological polar surface area (TPSA) is 52.4 Å². The van der Waals surface area contributed by atoms with Crippen molar-refractivity contribution in [3.8, 4) is 0 Å². The second kappa shape index (κ2) is 15.1. The molecule has 4 aromatic rings. The summed E-state index contributed by atoms with van der Waals surface area (Å²) in [7, 11) is 2.05. The van der Waals surface area contributed by atoms with Crippen LogP contribution < -0.4 is 10.1 Å². The number of rotatable bonds is 6. The molecule has 6 heteroatoms. The van der Waals surface area contributed by atoms with Gasteiger partial charge in [0.05, 0.1) is 6.54 Å². The van der Waals surface area contributed by atoms with Crippen molar-refractivity contribution < 1.29 is 0 Å². The van der Waals surface area contributed by atoms with Crippen molar-refractivity contribution >= 4 is 52.7 Å². The van der Waals surface area contributed by atoms with Crippen LogP contribution in [0.5, 0.6) is 0 Å². The summed E-state index contributed by atoms with van der Waals surface area (Å²) >= 11 is 0. The van der Waals surface area contributed by atoms with Gasteiger partial charge in [-0.25, -0.2) is 0 Å². The summed E-state index contributed by atoms with van der Waals surface area (Å²) in [5.41, 5.74) is 13.8. The molecule has 244 valence electrons. The fourth-order valence-corrected chi connectivity index (χ4v) is 6.69. The maximum absolute atomic E-state index is 5.33. The van der Waals surface area contributed by atoms with Crippen LogP contribution >= 0.6 is 0 Å². The molecule has 0 amide bonds. The van der Waals surface area contributed by atoms with Crippen molar-refractivity contribution in [2.75, 3.05) is 10.1 Å². The minimum atomic E-state index is 0.587. The van der Waals surface area contributed by atoms with Gasteiger partial charge < -0.3 is 0 Å². The van der Waals surface area contributed by atoms with Crippen molar-refractivity contribution in [2.24, 2.45) is 15.0 Å². The van der Waals surface area contributed by atoms with Crippen LogP contribution in [0.1, 0.15) is 54.9 Å². The molecular weight excluding hydrogens is 609 g/mol. The van der Waals surface area contributed by atoms with E-state index in [0.717, 1.165) is 99.1 Å². The number of nitrogens with zero attached hydrogens (tertiary/aromatic N) is 4. The third kappa shape index (κ3) is 6.70. The summed E-state index contributed by atoms with van der Waals surface area (Å²) in [6.45, 7) is 8.67. The number of amidine groups is 1. The molecule has 4 aliphatic rings. The number of benzene rings is 4. The molecule has 0 aromatic heterocycles. The van der Waals surface area contributed by atoms with E-state index in [4.69, 9.17) is 15.0 Å². The van der Waals surface area contributed by atoms with E-state index in [2.05, 4.69) is 158 Å². The van der Waals surface area contributed by atoms with E-state index in [1.807, 2.05) is 13.1 Å². The van der Waals surface area contributed by atoms with Gasteiger partial charge in [0.2, 0.25) is 0 Å². The molecule has 0 atom stereocenters. The zero-order valence-corrected chi connectivity index (χ0v) is 28.5. The van der Waals surface area contributed by atoms with Gasteiger partial charge in [0.15, 0.2) is 0 Å². The first-order chi connectivity index (χ1) is 24.7. The van der Waals surface area contributed by atoms with E-state index in [0.29, 0.717) is 6.54 Å². The van der Waals surface area contributed by atoms with Crippen LogP contribution in [0.4, 0.5) is 22.7 Å². The first-order valence-corrected chi connectivity index (χ1v) is 17.3. The van der Waals surface area contributed by atoms with Crippen LogP contribution in [0.3, 0.4) is 0 Å². The summed E-state index contributed by atoms with van der Waals surface area (Å²) in [6.07, 6.45) is 17.5. The molecular formula is C44H40BN5. The molecule has 0 radical (unpaired) electrons. The average molecular weight is 650 g/mol. The third-order valence-corrected chi connectivity index (χ3v) is 9.11. The van der Waals surface area contributed by atoms with Gasteiger partial charge in [-0.15, -0.1) is 13.2 Å². The van der Waals surface area contributed by atoms with Crippen molar-refractivity contribution in [3.05, 3.63) is 180 Å². The Bertz CT molecular complexity index is 2160. The Balaban J connectivity index is 0.00000193. The first-order valence-electron chi connectivity index (χ1n) is 17.3. The van der Waals surface area contributed by atoms with Gasteiger partial charge in [-0.1, -0.05) is 48.6 Å². The Labute approximate surface area is 296 Å². The quantitative estimate of drug-likeness (QED) is 0.0862. The number of fused-ring (bicyclic) bond motifs is 2. The molecule has 1 N–H and O–H groups in total. The van der Waals surface area contributed by atoms with Crippen molar-refractivity contribution in [1.29, 1.82) is 0 Å². The summed E-state index contributed by atoms with van der Waals surface area (Å²) in [5.74, 6) is 0.771. The summed E-state index contributed by atoms with van der Waals surface area (Å²) < 4.78 is 0. The molecule has 2 aliphatic heterocycles. The van der Waals surface area contributed by atoms with Gasteiger partial charge in [-0.2, -0.15) is 0 Å². The molecule has 0 fully saturated rings. The molecule has 0 bridgehead atoms. The van der Waals surface area contributed by atoms with Gasteiger partial charge in [0, 0.05) is 0 Å². The Kier molecular flexibility index (Phi) is 9.88. The standard InChI is InChI=1S/C42H36BN5.C2H4/c1-29(45-42(32-19-9-4-10-20-32)44-28-30-15-5-2-6-16-30)33-21-13-22-34(27-33)48-37-25-12-11-23-35(37)40-39-36(24-14-26-38(39)48)47-43-41(46-40)31-17-7-3-8-18-31;1-2/h2,5-7,9,11-27,47H,3-4,8,10,28H2,1H3;1-2H2. The fourth-order valence-electron chi connectivity index (χ4n) is 6.69. The normalized spacial score (nSPS) is 16.1. The second-order valence-electron chi connectivity index (χ2n) is 12.3. The number of para-hydroxylation sites is 1. The van der Waals surface area contributed by atoms with E-state index in [1.165, 1.54) is 5.56 Å². The predicted molar refractivity (Wildman–Crippen MR) is 215 cm³/mol. The van der Waals surface area contributed by atoms with Crippen LogP contribution in [0.25, 0.3) is 0 Å². The van der Waals surface area contributed by atoms with Crippen LogP contribution in [0, 0.1) is 0 Å². The van der Waals surface area contributed by atoms with E-state index >= 15 is 0 Å². The fraction of sp³-hybridized carbons (Fsp3) is 0.136. The van der Waals surface area contributed by atoms with E-state index in [-0.39, 0.29) is 0 Å². The first kappa shape index (κ1) is 32.7. The van der Waals surface area contributed by atoms with E-state index < -0.39 is 0 Å². The predicted octanol–water partition coefficient (Wildman–Crippen LogP) is 10.2. The number of aliphatic imine (C=N–C) groups is 3. The van der Waals surface area contributed by atoms with Crippen LogP contribution in [0.2, 0.25) is 0 Å². The number of allylic oxidation sites excluding steroid dienone is 4. The molecule has 4 aromatic carbocycles. The second-order valence-corrected chi connectivity index (χ2v) is 12.3. The molecule has 0 spiro atoms. The molecule has 0 saturated heterocycles. The van der Waals surface area contributed by atoms with Gasteiger partial charge >= 0.3 is 210 Å². The van der Waals surface area contributed by atoms with Crippen molar-refractivity contribution in [1.82, 2.24) is 0 Å². The SMILES string of the molecule is C=C.CC(=NC(=NCc1ccccc1)C1=CCCC=C1)c1cccc(N2c3ccccc3C3=NC(C4=CCCC=C4)=BNc4cccc2c43)c1. The van der Waals surface area contributed by atoms with Gasteiger partial charge in [-0.05, 0) is 18.4 Å². The third-order valence-electron chi connectivity index (χ3n) is 9.11. The Morgan fingerprint density at radius 1 is 0.820 bits per heavy atom. The number of hydrogen-bond acceptors (Lipinski definition) is 4. The van der Waals surface area contributed by atoms with E-state index in [9.17, 15) is 0 Å². The molecule has 2 aliphatic carbocycles. The van der Waals surface area contributed by atoms with Gasteiger partial charge in [0.25, 0.3) is 0 Å².